The van der Waals surface area contributed by atoms with Gasteiger partial charge in [-0.1, -0.05) is 30.3 Å². The molecule has 4 nitrogen and oxygen atoms in total. The monoisotopic (exact) mass is 281 g/mol. The van der Waals surface area contributed by atoms with E-state index in [1.54, 1.807) is 12.1 Å². The number of aliphatic hydroxyl groups excluding tert-OH is 1. The molecule has 2 atom stereocenters. The molecule has 0 radical (unpaired) electrons. The first-order valence-electron chi connectivity index (χ1n) is 7.05. The maximum Gasteiger partial charge on any atom is 0.262 e. The number of nitrogens with one attached hydrogen (secondary N) is 1. The Labute approximate surface area is 122 Å². The van der Waals surface area contributed by atoms with Gasteiger partial charge in [-0.15, -0.1) is 0 Å². The average Bonchev–Trinajstić information content (AvgIpc) is 2.47. The highest BCUT2D eigenvalue weighted by Crippen LogP contribution is 2.44. The Bertz CT molecular complexity index is 726. The maximum atomic E-state index is 11.4. The van der Waals surface area contributed by atoms with Crippen molar-refractivity contribution in [3.63, 3.8) is 0 Å². The van der Waals surface area contributed by atoms with Gasteiger partial charge < -0.3 is 15.2 Å². The van der Waals surface area contributed by atoms with E-state index in [1.165, 1.54) is 11.1 Å². The van der Waals surface area contributed by atoms with E-state index in [1.807, 2.05) is 18.2 Å². The second kappa shape index (κ2) is 4.60. The lowest BCUT2D eigenvalue weighted by Crippen LogP contribution is -2.26. The van der Waals surface area contributed by atoms with Crippen LogP contribution in [-0.4, -0.2) is 17.6 Å². The number of fused-ring (bicyclic) bond motifs is 2. The zero-order valence-electron chi connectivity index (χ0n) is 11.4. The summed E-state index contributed by atoms with van der Waals surface area (Å²) in [4.78, 5) is 11.4. The molecule has 0 aromatic heterocycles. The number of amides is 1. The second-order valence-electron chi connectivity index (χ2n) is 5.55. The summed E-state index contributed by atoms with van der Waals surface area (Å²) in [7, 11) is 0. The standard InChI is InChI=1S/C17H15NO3/c19-16-9-21-15-6-5-11(8-14(15)18-16)17(20)13-7-10-3-1-2-4-12(10)13/h1-6,8,13,17,20H,7,9H2,(H,18,19). The minimum atomic E-state index is -0.566. The Hall–Kier alpha value is -2.33. The van der Waals surface area contributed by atoms with Crippen molar-refractivity contribution >= 4 is 11.6 Å². The molecule has 106 valence electrons. The number of anilines is 1. The number of hydrogen-bond donors (Lipinski definition) is 2. The summed E-state index contributed by atoms with van der Waals surface area (Å²) in [5.41, 5.74) is 3.95. The highest BCUT2D eigenvalue weighted by Gasteiger charge is 2.33. The maximum absolute atomic E-state index is 11.4. The molecule has 1 heterocycles. The van der Waals surface area contributed by atoms with Crippen molar-refractivity contribution in [3.05, 3.63) is 59.2 Å². The fourth-order valence-electron chi connectivity index (χ4n) is 3.10. The van der Waals surface area contributed by atoms with Gasteiger partial charge in [0, 0.05) is 5.92 Å². The molecule has 0 spiro atoms. The van der Waals surface area contributed by atoms with Crippen LogP contribution in [0.1, 0.15) is 28.7 Å². The molecule has 4 heteroatoms. The average molecular weight is 281 g/mol. The Morgan fingerprint density at radius 3 is 2.95 bits per heavy atom. The van der Waals surface area contributed by atoms with E-state index in [9.17, 15) is 9.90 Å². The van der Waals surface area contributed by atoms with Crippen molar-refractivity contribution in [2.45, 2.75) is 18.4 Å². The Balaban J connectivity index is 1.63. The molecule has 2 unspecified atom stereocenters. The van der Waals surface area contributed by atoms with E-state index in [-0.39, 0.29) is 18.4 Å². The lowest BCUT2D eigenvalue weighted by molar-refractivity contribution is -0.118. The molecule has 2 N–H and O–H groups in total. The SMILES string of the molecule is O=C1COc2ccc(C(O)C3Cc4ccccc43)cc2N1. The Kier molecular flexibility index (Phi) is 2.72. The van der Waals surface area contributed by atoms with Crippen molar-refractivity contribution in [1.29, 1.82) is 0 Å². The van der Waals surface area contributed by atoms with Gasteiger partial charge in [0.05, 0.1) is 11.8 Å². The number of aliphatic hydroxyl groups is 1. The quantitative estimate of drug-likeness (QED) is 0.888. The van der Waals surface area contributed by atoms with Gasteiger partial charge in [0.2, 0.25) is 0 Å². The predicted molar refractivity (Wildman–Crippen MR) is 78.4 cm³/mol. The van der Waals surface area contributed by atoms with Gasteiger partial charge in [-0.25, -0.2) is 0 Å². The van der Waals surface area contributed by atoms with Crippen molar-refractivity contribution < 1.29 is 14.6 Å². The van der Waals surface area contributed by atoms with E-state index in [0.717, 1.165) is 12.0 Å². The number of benzene rings is 2. The summed E-state index contributed by atoms with van der Waals surface area (Å²) in [6.07, 6.45) is 0.320. The van der Waals surface area contributed by atoms with E-state index in [4.69, 9.17) is 4.74 Å². The molecule has 0 bridgehead atoms. The molecule has 2 aromatic carbocycles. The number of rotatable bonds is 2. The van der Waals surface area contributed by atoms with E-state index >= 15 is 0 Å². The van der Waals surface area contributed by atoms with Crippen molar-refractivity contribution in [1.82, 2.24) is 0 Å². The molecule has 2 aliphatic rings. The van der Waals surface area contributed by atoms with Crippen molar-refractivity contribution in [2.75, 3.05) is 11.9 Å². The van der Waals surface area contributed by atoms with E-state index in [2.05, 4.69) is 17.4 Å². The lowest BCUT2D eigenvalue weighted by Gasteiger charge is -2.34. The van der Waals surface area contributed by atoms with Gasteiger partial charge in [0.1, 0.15) is 5.75 Å². The predicted octanol–water partition coefficient (Wildman–Crippen LogP) is 2.39. The molecule has 0 saturated carbocycles. The van der Waals surface area contributed by atoms with Crippen LogP contribution in [0, 0.1) is 0 Å². The minimum Gasteiger partial charge on any atom is -0.482 e. The van der Waals surface area contributed by atoms with Crippen molar-refractivity contribution in [2.24, 2.45) is 0 Å². The number of hydrogen-bond acceptors (Lipinski definition) is 3. The summed E-state index contributed by atoms with van der Waals surface area (Å²) in [5.74, 6) is 0.613. The van der Waals surface area contributed by atoms with Gasteiger partial charge in [-0.05, 0) is 35.2 Å². The van der Waals surface area contributed by atoms with E-state index in [0.29, 0.717) is 11.4 Å². The zero-order valence-corrected chi connectivity index (χ0v) is 11.4. The third-order valence-electron chi connectivity index (χ3n) is 4.25. The van der Waals surface area contributed by atoms with Crippen LogP contribution in [0.2, 0.25) is 0 Å². The molecule has 0 saturated heterocycles. The van der Waals surface area contributed by atoms with Crippen molar-refractivity contribution in [3.8, 4) is 5.75 Å². The molecule has 1 amide bonds. The number of carbonyl (C=O) groups excluding carboxylic acids is 1. The topological polar surface area (TPSA) is 58.6 Å². The van der Waals surface area contributed by atoms with Crippen LogP contribution in [0.5, 0.6) is 5.75 Å². The number of carbonyl (C=O) groups is 1. The van der Waals surface area contributed by atoms with Crippen LogP contribution in [0.25, 0.3) is 0 Å². The van der Waals surface area contributed by atoms with Crippen LogP contribution in [-0.2, 0) is 11.2 Å². The van der Waals surface area contributed by atoms with E-state index < -0.39 is 6.10 Å². The first-order chi connectivity index (χ1) is 10.2. The minimum absolute atomic E-state index is 0.0465. The van der Waals surface area contributed by atoms with Crippen LogP contribution in [0.4, 0.5) is 5.69 Å². The molecule has 0 fully saturated rings. The van der Waals surface area contributed by atoms with Gasteiger partial charge >= 0.3 is 0 Å². The molecular formula is C17H15NO3. The fraction of sp³-hybridized carbons (Fsp3) is 0.235. The molecule has 2 aromatic rings. The smallest absolute Gasteiger partial charge is 0.262 e. The number of ether oxygens (including phenoxy) is 1. The molecular weight excluding hydrogens is 266 g/mol. The first-order valence-corrected chi connectivity index (χ1v) is 7.05. The largest absolute Gasteiger partial charge is 0.482 e. The summed E-state index contributed by atoms with van der Waals surface area (Å²) >= 11 is 0. The van der Waals surface area contributed by atoms with Crippen LogP contribution in [0.15, 0.2) is 42.5 Å². The summed E-state index contributed by atoms with van der Waals surface area (Å²) in [6.45, 7) is 0.0465. The van der Waals surface area contributed by atoms with Crippen LogP contribution < -0.4 is 10.1 Å². The summed E-state index contributed by atoms with van der Waals surface area (Å²) in [6, 6.07) is 13.7. The van der Waals surface area contributed by atoms with Crippen LogP contribution >= 0.6 is 0 Å². The van der Waals surface area contributed by atoms with Gasteiger partial charge in [0.15, 0.2) is 6.61 Å². The fourth-order valence-corrected chi connectivity index (χ4v) is 3.10. The third-order valence-corrected chi connectivity index (χ3v) is 4.25. The second-order valence-corrected chi connectivity index (χ2v) is 5.55. The summed E-state index contributed by atoms with van der Waals surface area (Å²) in [5, 5.41) is 13.4. The molecule has 1 aliphatic heterocycles. The van der Waals surface area contributed by atoms with Crippen LogP contribution in [0.3, 0.4) is 0 Å². The third kappa shape index (κ3) is 1.99. The Morgan fingerprint density at radius 2 is 2.10 bits per heavy atom. The summed E-state index contributed by atoms with van der Waals surface area (Å²) < 4.78 is 5.33. The molecule has 4 rings (SSSR count). The molecule has 1 aliphatic carbocycles. The van der Waals surface area contributed by atoms with Gasteiger partial charge in [-0.3, -0.25) is 4.79 Å². The zero-order chi connectivity index (χ0) is 14.4. The Morgan fingerprint density at radius 1 is 1.24 bits per heavy atom. The highest BCUT2D eigenvalue weighted by atomic mass is 16.5. The normalized spacial score (nSPS) is 20.4. The molecule has 21 heavy (non-hydrogen) atoms. The highest BCUT2D eigenvalue weighted by molar-refractivity contribution is 5.95. The lowest BCUT2D eigenvalue weighted by atomic mass is 9.73. The van der Waals surface area contributed by atoms with Gasteiger partial charge in [-0.2, -0.15) is 0 Å². The first kappa shape index (κ1) is 12.4. The van der Waals surface area contributed by atoms with Gasteiger partial charge in [0.25, 0.3) is 5.91 Å².